The first-order valence-corrected chi connectivity index (χ1v) is 12.1. The van der Waals surface area contributed by atoms with Gasteiger partial charge >= 0.3 is 6.03 Å². The highest BCUT2D eigenvalue weighted by Crippen LogP contribution is 2.44. The van der Waals surface area contributed by atoms with Gasteiger partial charge in [-0.1, -0.05) is 36.4 Å². The van der Waals surface area contributed by atoms with E-state index in [-0.39, 0.29) is 12.1 Å². The summed E-state index contributed by atoms with van der Waals surface area (Å²) in [7, 11) is 2.17. The number of urea groups is 1. The van der Waals surface area contributed by atoms with E-state index >= 15 is 0 Å². The number of carbonyl (C=O) groups is 1. The normalized spacial score (nSPS) is 23.2. The molecule has 0 saturated carbocycles. The van der Waals surface area contributed by atoms with Gasteiger partial charge in [0.1, 0.15) is 6.10 Å². The summed E-state index contributed by atoms with van der Waals surface area (Å²) in [6, 6.07) is 14.6. The number of aliphatic hydroxyl groups is 1. The summed E-state index contributed by atoms with van der Waals surface area (Å²) in [4.78, 5) is 20.5. The van der Waals surface area contributed by atoms with Gasteiger partial charge < -0.3 is 25.2 Å². The van der Waals surface area contributed by atoms with Crippen LogP contribution in [0.1, 0.15) is 54.5 Å². The summed E-state index contributed by atoms with van der Waals surface area (Å²) >= 11 is 0. The Balaban J connectivity index is 1.49. The van der Waals surface area contributed by atoms with E-state index in [1.165, 1.54) is 16.5 Å². The Morgan fingerprint density at radius 1 is 1.21 bits per heavy atom. The van der Waals surface area contributed by atoms with Crippen LogP contribution < -0.4 is 5.32 Å². The molecule has 2 unspecified atom stereocenters. The highest BCUT2D eigenvalue weighted by molar-refractivity contribution is 5.89. The average molecular weight is 447 g/mol. The van der Waals surface area contributed by atoms with Crippen molar-refractivity contribution in [1.29, 1.82) is 0 Å². The van der Waals surface area contributed by atoms with E-state index in [4.69, 9.17) is 0 Å². The lowest BCUT2D eigenvalue weighted by Gasteiger charge is -2.46. The van der Waals surface area contributed by atoms with Gasteiger partial charge in [-0.2, -0.15) is 0 Å². The molecule has 1 aliphatic carbocycles. The number of aromatic nitrogens is 1. The number of aliphatic hydroxyl groups excluding tert-OH is 1. The molecule has 2 heterocycles. The van der Waals surface area contributed by atoms with Gasteiger partial charge in [-0.3, -0.25) is 0 Å². The van der Waals surface area contributed by atoms with Crippen molar-refractivity contribution < 1.29 is 9.90 Å². The fourth-order valence-electron chi connectivity index (χ4n) is 5.90. The number of nitrogens with one attached hydrogen (secondary N) is 2. The lowest BCUT2D eigenvalue weighted by molar-refractivity contribution is 0.124. The summed E-state index contributed by atoms with van der Waals surface area (Å²) in [5.41, 5.74) is 5.53. The van der Waals surface area contributed by atoms with E-state index in [1.54, 1.807) is 0 Å². The number of piperidine rings is 1. The number of H-pyrrole nitrogens is 1. The summed E-state index contributed by atoms with van der Waals surface area (Å²) in [5.74, 6) is 0.305. The number of benzene rings is 2. The topological polar surface area (TPSA) is 71.6 Å². The molecule has 2 aliphatic rings. The Kier molecular flexibility index (Phi) is 5.89. The zero-order chi connectivity index (χ0) is 23.1. The molecule has 1 aliphatic heterocycles. The molecule has 1 aromatic heterocycles. The maximum atomic E-state index is 12.7. The summed E-state index contributed by atoms with van der Waals surface area (Å²) in [6.07, 6.45) is 3.38. The Hall–Kier alpha value is -2.83. The number of carbonyl (C=O) groups excluding carboxylic acids is 1. The number of hydrogen-bond acceptors (Lipinski definition) is 3. The van der Waals surface area contributed by atoms with Gasteiger partial charge in [-0.15, -0.1) is 0 Å². The van der Waals surface area contributed by atoms with Gasteiger partial charge in [0, 0.05) is 54.7 Å². The number of amides is 2. The van der Waals surface area contributed by atoms with E-state index in [2.05, 4.69) is 40.6 Å². The highest BCUT2D eigenvalue weighted by Gasteiger charge is 2.40. The fraction of sp³-hybridized carbons (Fsp3) is 0.444. The third-order valence-electron chi connectivity index (χ3n) is 7.63. The first kappa shape index (κ1) is 22.0. The molecule has 0 radical (unpaired) electrons. The van der Waals surface area contributed by atoms with E-state index in [0.717, 1.165) is 36.0 Å². The van der Waals surface area contributed by atoms with Gasteiger partial charge in [-0.05, 0) is 62.1 Å². The number of aromatic amines is 1. The minimum Gasteiger partial charge on any atom is -0.384 e. The molecule has 3 N–H and O–H groups in total. The minimum atomic E-state index is -0.668. The van der Waals surface area contributed by atoms with Crippen molar-refractivity contribution in [2.45, 2.75) is 50.8 Å². The highest BCUT2D eigenvalue weighted by atomic mass is 16.3. The van der Waals surface area contributed by atoms with Gasteiger partial charge in [0.2, 0.25) is 0 Å². The SMILES string of the molecule is CCN(CC)C(=O)N[C@H]1CC2c3cc(C(O)c4ccccc4)cc4[nH]cc(c34)C[C@H]2N(C)C1. The first-order chi connectivity index (χ1) is 16.0. The first-order valence-electron chi connectivity index (χ1n) is 12.1. The molecular weight excluding hydrogens is 412 g/mol. The number of likely N-dealkylation sites (N-methyl/N-ethyl adjacent to an activating group) is 1. The standard InChI is InChI=1S/C27H34N4O2/c1-4-31(5-2)27(33)29-20-14-21-22-11-18(26(32)17-9-7-6-8-10-17)12-23-25(22)19(15-28-23)13-24(21)30(3)16-20/h6-12,15,20-21,24,26,28,32H,4-5,13-14,16H2,1-3H3,(H,29,33)/t20-,21?,24+,26?/m0/s1. The van der Waals surface area contributed by atoms with Gasteiger partial charge in [0.25, 0.3) is 0 Å². The van der Waals surface area contributed by atoms with E-state index < -0.39 is 6.10 Å². The molecule has 0 spiro atoms. The van der Waals surface area contributed by atoms with Crippen LogP contribution >= 0.6 is 0 Å². The van der Waals surface area contributed by atoms with Crippen molar-refractivity contribution in [2.75, 3.05) is 26.7 Å². The van der Waals surface area contributed by atoms with Gasteiger partial charge in [0.05, 0.1) is 0 Å². The molecule has 6 heteroatoms. The number of fused-ring (bicyclic) bond motifs is 2. The van der Waals surface area contributed by atoms with Gasteiger partial charge in [-0.25, -0.2) is 4.79 Å². The van der Waals surface area contributed by atoms with E-state index in [0.29, 0.717) is 25.0 Å². The van der Waals surface area contributed by atoms with Crippen LogP contribution in [0.2, 0.25) is 0 Å². The molecule has 0 bridgehead atoms. The molecular formula is C27H34N4O2. The number of rotatable bonds is 5. The summed E-state index contributed by atoms with van der Waals surface area (Å²) < 4.78 is 0. The number of likely N-dealkylation sites (tertiary alicyclic amines) is 1. The maximum absolute atomic E-state index is 12.7. The summed E-state index contributed by atoms with van der Waals surface area (Å²) in [6.45, 7) is 6.30. The van der Waals surface area contributed by atoms with Crippen LogP contribution in [0.5, 0.6) is 0 Å². The molecule has 2 amide bonds. The Morgan fingerprint density at radius 3 is 2.70 bits per heavy atom. The van der Waals surface area contributed by atoms with E-state index in [9.17, 15) is 9.90 Å². The lowest BCUT2D eigenvalue weighted by atomic mass is 9.73. The van der Waals surface area contributed by atoms with Crippen molar-refractivity contribution >= 4 is 16.9 Å². The second-order valence-electron chi connectivity index (χ2n) is 9.53. The van der Waals surface area contributed by atoms with Crippen molar-refractivity contribution in [1.82, 2.24) is 20.1 Å². The molecule has 1 saturated heterocycles. The molecule has 3 aromatic rings. The monoisotopic (exact) mass is 446 g/mol. The second-order valence-corrected chi connectivity index (χ2v) is 9.53. The van der Waals surface area contributed by atoms with Crippen molar-refractivity contribution in [3.8, 4) is 0 Å². The predicted octanol–water partition coefficient (Wildman–Crippen LogP) is 4.01. The van der Waals surface area contributed by atoms with Crippen LogP contribution in [0.25, 0.3) is 10.9 Å². The van der Waals surface area contributed by atoms with Crippen LogP contribution in [0.4, 0.5) is 4.79 Å². The van der Waals surface area contributed by atoms with Crippen LogP contribution in [0.15, 0.2) is 48.7 Å². The average Bonchev–Trinajstić information content (AvgIpc) is 3.24. The Bertz CT molecular complexity index is 1140. The maximum Gasteiger partial charge on any atom is 0.317 e. The lowest BCUT2D eigenvalue weighted by Crippen LogP contribution is -2.56. The molecule has 174 valence electrons. The second kappa shape index (κ2) is 8.84. The third kappa shape index (κ3) is 3.91. The van der Waals surface area contributed by atoms with Crippen molar-refractivity contribution in [3.05, 3.63) is 70.9 Å². The quantitative estimate of drug-likeness (QED) is 0.555. The molecule has 1 fully saturated rings. The van der Waals surface area contributed by atoms with Crippen molar-refractivity contribution in [3.63, 3.8) is 0 Å². The number of nitrogens with zero attached hydrogens (tertiary/aromatic N) is 2. The third-order valence-corrected chi connectivity index (χ3v) is 7.63. The smallest absolute Gasteiger partial charge is 0.317 e. The van der Waals surface area contributed by atoms with E-state index in [1.807, 2.05) is 49.1 Å². The molecule has 5 rings (SSSR count). The fourth-order valence-corrected chi connectivity index (χ4v) is 5.90. The molecule has 33 heavy (non-hydrogen) atoms. The largest absolute Gasteiger partial charge is 0.384 e. The van der Waals surface area contributed by atoms with Crippen LogP contribution in [-0.2, 0) is 6.42 Å². The van der Waals surface area contributed by atoms with Crippen LogP contribution in [0, 0.1) is 0 Å². The van der Waals surface area contributed by atoms with Crippen molar-refractivity contribution in [2.24, 2.45) is 0 Å². The zero-order valence-corrected chi connectivity index (χ0v) is 19.7. The zero-order valence-electron chi connectivity index (χ0n) is 19.7. The van der Waals surface area contributed by atoms with Crippen LogP contribution in [-0.4, -0.2) is 64.7 Å². The minimum absolute atomic E-state index is 0.0217. The molecule has 2 aromatic carbocycles. The molecule has 4 atom stereocenters. The molecule has 6 nitrogen and oxygen atoms in total. The number of hydrogen-bond donors (Lipinski definition) is 3. The van der Waals surface area contributed by atoms with Crippen LogP contribution in [0.3, 0.4) is 0 Å². The van der Waals surface area contributed by atoms with Gasteiger partial charge in [0.15, 0.2) is 0 Å². The predicted molar refractivity (Wildman–Crippen MR) is 132 cm³/mol. The summed E-state index contributed by atoms with van der Waals surface area (Å²) in [5, 5.41) is 15.7. The Labute approximate surface area is 195 Å². The Morgan fingerprint density at radius 2 is 1.97 bits per heavy atom.